The van der Waals surface area contributed by atoms with Gasteiger partial charge in [0.25, 0.3) is 0 Å². The van der Waals surface area contributed by atoms with E-state index in [-0.39, 0.29) is 17.9 Å². The van der Waals surface area contributed by atoms with E-state index in [4.69, 9.17) is 21.4 Å². The van der Waals surface area contributed by atoms with Gasteiger partial charge in [0.2, 0.25) is 5.91 Å². The van der Waals surface area contributed by atoms with E-state index in [0.717, 1.165) is 4.90 Å². The number of sulfone groups is 1. The fourth-order valence-corrected chi connectivity index (χ4v) is 4.69. The van der Waals surface area contributed by atoms with E-state index in [1.807, 2.05) is 0 Å². The zero-order chi connectivity index (χ0) is 13.7. The minimum absolute atomic E-state index is 0.0539. The Balaban J connectivity index is 2.55. The van der Waals surface area contributed by atoms with Gasteiger partial charge in [-0.2, -0.15) is 0 Å². The van der Waals surface area contributed by atoms with Gasteiger partial charge in [-0.1, -0.05) is 0 Å². The van der Waals surface area contributed by atoms with E-state index < -0.39 is 38.2 Å². The number of hydrogen-bond acceptors (Lipinski definition) is 5. The molecule has 2 heterocycles. The highest BCUT2D eigenvalue weighted by Crippen LogP contribution is 2.39. The molecule has 1 N–H and O–H groups in total. The highest BCUT2D eigenvalue weighted by molar-refractivity contribution is 7.92. The Morgan fingerprint density at radius 1 is 1.61 bits per heavy atom. The summed E-state index contributed by atoms with van der Waals surface area (Å²) in [4.78, 5) is 23.4. The number of β-lactam (4-membered cyclic amide) rings is 1. The topological polar surface area (TPSA) is 101 Å². The largest absolute Gasteiger partial charge is 0.477 e. The van der Waals surface area contributed by atoms with E-state index >= 15 is 0 Å². The number of nitrogens with zero attached hydrogens (tertiary/aromatic N) is 1. The number of carbonyl (C=O) groups excluding carboxylic acids is 1. The molecule has 2 aliphatic rings. The third-order valence-electron chi connectivity index (χ3n) is 2.82. The van der Waals surface area contributed by atoms with Crippen LogP contribution < -0.4 is 0 Å². The summed E-state index contributed by atoms with van der Waals surface area (Å²) in [5, 5.41) is 6.59. The Morgan fingerprint density at radius 3 is 2.72 bits per heavy atom. The summed E-state index contributed by atoms with van der Waals surface area (Å²) < 4.78 is 28.6. The van der Waals surface area contributed by atoms with Gasteiger partial charge in [0.05, 0.1) is 12.4 Å². The first-order chi connectivity index (χ1) is 8.31. The summed E-state index contributed by atoms with van der Waals surface area (Å²) >= 11 is 5.64. The van der Waals surface area contributed by atoms with Crippen molar-refractivity contribution >= 4 is 33.3 Å². The number of halogens is 1. The molecule has 2 aliphatic heterocycles. The number of carbonyl (C=O) groups is 2. The van der Waals surface area contributed by atoms with Crippen molar-refractivity contribution in [2.75, 3.05) is 19.5 Å². The summed E-state index contributed by atoms with van der Waals surface area (Å²) in [7, 11) is -2.36. The molecule has 0 aromatic carbocycles. The quantitative estimate of drug-likeness (QED) is 0.539. The predicted octanol–water partition coefficient (Wildman–Crippen LogP) is -0.824. The van der Waals surface area contributed by atoms with E-state index in [1.54, 1.807) is 0 Å². The fourth-order valence-electron chi connectivity index (χ4n) is 2.11. The Kier molecular flexibility index (Phi) is 3.12. The number of hydrogen-bond donors (Lipinski definition) is 1. The number of rotatable bonds is 3. The number of methoxy groups -OCH3 is 1. The maximum Gasteiger partial charge on any atom is 0.352 e. The van der Waals surface area contributed by atoms with Crippen molar-refractivity contribution in [2.45, 2.75) is 10.8 Å². The summed E-state index contributed by atoms with van der Waals surface area (Å²) in [6, 6.07) is 0. The van der Waals surface area contributed by atoms with Gasteiger partial charge in [-0.15, -0.1) is 11.6 Å². The van der Waals surface area contributed by atoms with Crippen LogP contribution in [0.15, 0.2) is 11.3 Å². The van der Waals surface area contributed by atoms with Gasteiger partial charge >= 0.3 is 5.97 Å². The van der Waals surface area contributed by atoms with Crippen molar-refractivity contribution in [3.05, 3.63) is 11.3 Å². The zero-order valence-electron chi connectivity index (χ0n) is 9.29. The van der Waals surface area contributed by atoms with Crippen LogP contribution in [0.25, 0.3) is 0 Å². The molecular weight excluding hydrogens is 286 g/mol. The molecule has 1 amide bonds. The van der Waals surface area contributed by atoms with Crippen LogP contribution in [0.3, 0.4) is 0 Å². The van der Waals surface area contributed by atoms with Crippen LogP contribution in [-0.2, 0) is 24.2 Å². The highest BCUT2D eigenvalue weighted by Gasteiger charge is 2.59. The lowest BCUT2D eigenvalue weighted by Gasteiger charge is -2.46. The van der Waals surface area contributed by atoms with Crippen molar-refractivity contribution in [1.29, 1.82) is 0 Å². The Labute approximate surface area is 108 Å². The summed E-state index contributed by atoms with van der Waals surface area (Å²) in [5.74, 6) is -2.53. The molecule has 7 nitrogen and oxygen atoms in total. The van der Waals surface area contributed by atoms with Crippen molar-refractivity contribution in [2.24, 2.45) is 0 Å². The average molecular weight is 296 g/mol. The number of ether oxygens (including phenoxy) is 1. The van der Waals surface area contributed by atoms with Crippen LogP contribution >= 0.6 is 11.6 Å². The third kappa shape index (κ3) is 1.72. The van der Waals surface area contributed by atoms with E-state index in [9.17, 15) is 18.0 Å². The molecule has 2 rings (SSSR count). The van der Waals surface area contributed by atoms with Gasteiger partial charge in [0, 0.05) is 12.7 Å². The highest BCUT2D eigenvalue weighted by atomic mass is 35.5. The molecule has 1 fully saturated rings. The predicted molar refractivity (Wildman–Crippen MR) is 60.6 cm³/mol. The SMILES string of the molecule is COCC1=C(C(=O)O)N2C(=O)[C@H](Cl)C2S(=O)(=O)C1. The van der Waals surface area contributed by atoms with Crippen LogP contribution in [0, 0.1) is 0 Å². The first-order valence-electron chi connectivity index (χ1n) is 4.94. The maximum absolute atomic E-state index is 11.9. The van der Waals surface area contributed by atoms with Crippen molar-refractivity contribution in [1.82, 2.24) is 4.90 Å². The van der Waals surface area contributed by atoms with Crippen LogP contribution in [-0.4, -0.2) is 60.5 Å². The third-order valence-corrected chi connectivity index (χ3v) is 5.36. The molecule has 0 aromatic rings. The summed E-state index contributed by atoms with van der Waals surface area (Å²) in [5.41, 5.74) is -0.281. The molecular formula is C9H10ClNO6S. The second-order valence-electron chi connectivity index (χ2n) is 4.00. The number of alkyl halides is 1. The van der Waals surface area contributed by atoms with Gasteiger partial charge in [-0.05, 0) is 0 Å². The number of aliphatic carboxylic acids is 1. The van der Waals surface area contributed by atoms with Gasteiger partial charge in [0.1, 0.15) is 11.1 Å². The maximum atomic E-state index is 11.9. The monoisotopic (exact) mass is 295 g/mol. The van der Waals surface area contributed by atoms with Crippen LogP contribution in [0.2, 0.25) is 0 Å². The van der Waals surface area contributed by atoms with E-state index in [0.29, 0.717) is 0 Å². The lowest BCUT2D eigenvalue weighted by Crippen LogP contribution is -2.68. The Morgan fingerprint density at radius 2 is 2.22 bits per heavy atom. The normalized spacial score (nSPS) is 29.9. The minimum atomic E-state index is -3.67. The molecule has 2 atom stereocenters. The second kappa shape index (κ2) is 4.22. The van der Waals surface area contributed by atoms with Crippen molar-refractivity contribution in [3.63, 3.8) is 0 Å². The van der Waals surface area contributed by atoms with E-state index in [2.05, 4.69) is 0 Å². The molecule has 1 saturated heterocycles. The minimum Gasteiger partial charge on any atom is -0.477 e. The molecule has 1 unspecified atom stereocenters. The molecule has 100 valence electrons. The average Bonchev–Trinajstić information content (AvgIpc) is 2.26. The van der Waals surface area contributed by atoms with Gasteiger partial charge in [0.15, 0.2) is 15.2 Å². The zero-order valence-corrected chi connectivity index (χ0v) is 10.9. The van der Waals surface area contributed by atoms with Crippen molar-refractivity contribution < 1.29 is 27.9 Å². The molecule has 18 heavy (non-hydrogen) atoms. The molecule has 0 spiro atoms. The summed E-state index contributed by atoms with van der Waals surface area (Å²) in [6.45, 7) is -0.162. The van der Waals surface area contributed by atoms with Crippen LogP contribution in [0.1, 0.15) is 0 Å². The second-order valence-corrected chi connectivity index (χ2v) is 6.57. The van der Waals surface area contributed by atoms with Gasteiger partial charge in [-0.3, -0.25) is 9.69 Å². The molecule has 0 bridgehead atoms. The molecule has 9 heteroatoms. The molecule has 0 aliphatic carbocycles. The van der Waals surface area contributed by atoms with Crippen LogP contribution in [0.4, 0.5) is 0 Å². The molecule has 0 radical (unpaired) electrons. The smallest absolute Gasteiger partial charge is 0.352 e. The first kappa shape index (κ1) is 13.3. The Hall–Kier alpha value is -1.12. The van der Waals surface area contributed by atoms with Crippen LogP contribution in [0.5, 0.6) is 0 Å². The number of fused-ring (bicyclic) bond motifs is 1. The summed E-state index contributed by atoms with van der Waals surface area (Å²) in [6.07, 6.45) is 0. The number of amides is 1. The lowest BCUT2D eigenvalue weighted by atomic mass is 10.1. The molecule has 0 aromatic heterocycles. The number of carboxylic acids is 1. The Bertz CT molecular complexity index is 553. The standard InChI is InChI=1S/C9H10ClNO6S/c1-17-2-4-3-18(15,16)8-5(10)7(12)11(8)6(4)9(13)14/h5,8H,2-3H2,1H3,(H,13,14)/t5-,8?/m0/s1. The fraction of sp³-hybridized carbons (Fsp3) is 0.556. The lowest BCUT2D eigenvalue weighted by molar-refractivity contribution is -0.146. The van der Waals surface area contributed by atoms with E-state index in [1.165, 1.54) is 7.11 Å². The molecule has 0 saturated carbocycles. The van der Waals surface area contributed by atoms with Gasteiger partial charge in [-0.25, -0.2) is 13.2 Å². The number of carboxylic acid groups (broad SMARTS) is 1. The van der Waals surface area contributed by atoms with Crippen molar-refractivity contribution in [3.8, 4) is 0 Å². The van der Waals surface area contributed by atoms with Gasteiger partial charge < -0.3 is 9.84 Å². The first-order valence-corrected chi connectivity index (χ1v) is 7.09.